The number of hydrogen-bond acceptors (Lipinski definition) is 3. The van der Waals surface area contributed by atoms with E-state index >= 15 is 0 Å². The van der Waals surface area contributed by atoms with Gasteiger partial charge in [-0.3, -0.25) is 9.48 Å². The van der Waals surface area contributed by atoms with Crippen LogP contribution in [0.3, 0.4) is 0 Å². The molecule has 0 radical (unpaired) electrons. The quantitative estimate of drug-likeness (QED) is 0.921. The van der Waals surface area contributed by atoms with Gasteiger partial charge in [-0.2, -0.15) is 5.10 Å². The maximum absolute atomic E-state index is 12.4. The number of amides is 1. The average molecular weight is 273 g/mol. The SMILES string of the molecule is C[C@@H](C(=O)N(C)c1ccccc1C(=O)O)n1cccn1. The first-order chi connectivity index (χ1) is 9.52. The fraction of sp³-hybridized carbons (Fsp3) is 0.214. The summed E-state index contributed by atoms with van der Waals surface area (Å²) in [4.78, 5) is 24.9. The maximum atomic E-state index is 12.4. The number of aromatic nitrogens is 2. The average Bonchev–Trinajstić information content (AvgIpc) is 2.99. The molecule has 6 heteroatoms. The number of carboxylic acids is 1. The first kappa shape index (κ1) is 13.8. The van der Waals surface area contributed by atoms with Crippen molar-refractivity contribution in [3.63, 3.8) is 0 Å². The van der Waals surface area contributed by atoms with E-state index in [1.807, 2.05) is 0 Å². The highest BCUT2D eigenvalue weighted by Crippen LogP contribution is 2.21. The van der Waals surface area contributed by atoms with Gasteiger partial charge in [0.15, 0.2) is 0 Å². The number of carbonyl (C=O) groups excluding carboxylic acids is 1. The number of rotatable bonds is 4. The molecular formula is C14H15N3O3. The van der Waals surface area contributed by atoms with Crippen LogP contribution in [0, 0.1) is 0 Å². The Bertz CT molecular complexity index is 622. The number of benzene rings is 1. The van der Waals surface area contributed by atoms with Crippen molar-refractivity contribution in [2.24, 2.45) is 0 Å². The van der Waals surface area contributed by atoms with E-state index in [4.69, 9.17) is 5.11 Å². The van der Waals surface area contributed by atoms with Crippen LogP contribution in [0.5, 0.6) is 0 Å². The van der Waals surface area contributed by atoms with Gasteiger partial charge in [0.05, 0.1) is 11.3 Å². The Hall–Kier alpha value is -2.63. The topological polar surface area (TPSA) is 75.4 Å². The smallest absolute Gasteiger partial charge is 0.337 e. The Morgan fingerprint density at radius 1 is 1.30 bits per heavy atom. The minimum absolute atomic E-state index is 0.0935. The lowest BCUT2D eigenvalue weighted by molar-refractivity contribution is -0.121. The van der Waals surface area contributed by atoms with E-state index in [-0.39, 0.29) is 11.5 Å². The van der Waals surface area contributed by atoms with Crippen LogP contribution in [-0.2, 0) is 4.79 Å². The molecule has 0 fully saturated rings. The Kier molecular flexibility index (Phi) is 3.84. The van der Waals surface area contributed by atoms with Crippen molar-refractivity contribution in [3.05, 3.63) is 48.3 Å². The molecule has 20 heavy (non-hydrogen) atoms. The molecule has 2 rings (SSSR count). The van der Waals surface area contributed by atoms with Crippen molar-refractivity contribution in [2.75, 3.05) is 11.9 Å². The van der Waals surface area contributed by atoms with Gasteiger partial charge in [0.2, 0.25) is 0 Å². The van der Waals surface area contributed by atoms with Crippen molar-refractivity contribution in [1.29, 1.82) is 0 Å². The predicted molar refractivity (Wildman–Crippen MR) is 73.7 cm³/mol. The second kappa shape index (κ2) is 5.56. The van der Waals surface area contributed by atoms with E-state index in [1.54, 1.807) is 50.6 Å². The highest BCUT2D eigenvalue weighted by Gasteiger charge is 2.23. The van der Waals surface area contributed by atoms with Crippen molar-refractivity contribution in [2.45, 2.75) is 13.0 Å². The lowest BCUT2D eigenvalue weighted by atomic mass is 10.1. The summed E-state index contributed by atoms with van der Waals surface area (Å²) in [6.07, 6.45) is 3.29. The molecule has 1 atom stereocenters. The van der Waals surface area contributed by atoms with Crippen molar-refractivity contribution >= 4 is 17.6 Å². The summed E-state index contributed by atoms with van der Waals surface area (Å²) in [5.41, 5.74) is 0.458. The number of nitrogens with zero attached hydrogens (tertiary/aromatic N) is 3. The van der Waals surface area contributed by atoms with Crippen molar-refractivity contribution in [3.8, 4) is 0 Å². The van der Waals surface area contributed by atoms with Crippen LogP contribution < -0.4 is 4.90 Å². The van der Waals surface area contributed by atoms with Gasteiger partial charge >= 0.3 is 5.97 Å². The molecule has 1 heterocycles. The molecule has 0 aliphatic carbocycles. The zero-order chi connectivity index (χ0) is 14.7. The highest BCUT2D eigenvalue weighted by molar-refractivity contribution is 6.02. The molecule has 0 spiro atoms. The molecule has 6 nitrogen and oxygen atoms in total. The van der Waals surface area contributed by atoms with Gasteiger partial charge < -0.3 is 10.0 Å². The Morgan fingerprint density at radius 3 is 2.60 bits per heavy atom. The molecule has 1 aromatic carbocycles. The van der Waals surface area contributed by atoms with E-state index < -0.39 is 12.0 Å². The minimum Gasteiger partial charge on any atom is -0.478 e. The van der Waals surface area contributed by atoms with Gasteiger partial charge in [-0.1, -0.05) is 12.1 Å². The van der Waals surface area contributed by atoms with Gasteiger partial charge in [-0.25, -0.2) is 4.79 Å². The molecule has 0 bridgehead atoms. The van der Waals surface area contributed by atoms with E-state index in [0.29, 0.717) is 5.69 Å². The lowest BCUT2D eigenvalue weighted by Gasteiger charge is -2.23. The van der Waals surface area contributed by atoms with Gasteiger partial charge in [-0.05, 0) is 25.1 Å². The van der Waals surface area contributed by atoms with Crippen LogP contribution in [-0.4, -0.2) is 33.8 Å². The Balaban J connectivity index is 2.30. The molecule has 1 N–H and O–H groups in total. The third-order valence-electron chi connectivity index (χ3n) is 3.11. The number of carbonyl (C=O) groups is 2. The molecule has 0 unspecified atom stereocenters. The van der Waals surface area contributed by atoms with Crippen LogP contribution in [0.1, 0.15) is 23.3 Å². The molecule has 0 saturated heterocycles. The molecule has 1 aromatic heterocycles. The largest absolute Gasteiger partial charge is 0.478 e. The Morgan fingerprint density at radius 2 is 2.00 bits per heavy atom. The number of likely N-dealkylation sites (N-methyl/N-ethyl adjacent to an activating group) is 1. The van der Waals surface area contributed by atoms with Crippen molar-refractivity contribution in [1.82, 2.24) is 9.78 Å². The second-order valence-corrected chi connectivity index (χ2v) is 4.38. The summed E-state index contributed by atoms with van der Waals surface area (Å²) >= 11 is 0. The summed E-state index contributed by atoms with van der Waals surface area (Å²) < 4.78 is 1.53. The molecule has 2 aromatic rings. The fourth-order valence-corrected chi connectivity index (χ4v) is 1.97. The van der Waals surface area contributed by atoms with Crippen LogP contribution in [0.4, 0.5) is 5.69 Å². The van der Waals surface area contributed by atoms with Gasteiger partial charge in [0.25, 0.3) is 5.91 Å². The molecule has 0 aliphatic heterocycles. The van der Waals surface area contributed by atoms with Crippen molar-refractivity contribution < 1.29 is 14.7 Å². The monoisotopic (exact) mass is 273 g/mol. The Labute approximate surface area is 116 Å². The highest BCUT2D eigenvalue weighted by atomic mass is 16.4. The zero-order valence-corrected chi connectivity index (χ0v) is 11.2. The van der Waals surface area contributed by atoms with Gasteiger partial charge in [0, 0.05) is 19.4 Å². The zero-order valence-electron chi connectivity index (χ0n) is 11.2. The molecule has 1 amide bonds. The standard InChI is InChI=1S/C14H15N3O3/c1-10(17-9-5-8-15-17)13(18)16(2)12-7-4-3-6-11(12)14(19)20/h3-10H,1-2H3,(H,19,20)/t10-/m0/s1. The normalized spacial score (nSPS) is 11.9. The summed E-state index contributed by atoms with van der Waals surface area (Å²) in [6, 6.07) is 7.63. The summed E-state index contributed by atoms with van der Waals surface area (Å²) in [5, 5.41) is 13.2. The molecule has 0 saturated carbocycles. The summed E-state index contributed by atoms with van der Waals surface area (Å²) in [6.45, 7) is 1.72. The van der Waals surface area contributed by atoms with Crippen LogP contribution in [0.2, 0.25) is 0 Å². The van der Waals surface area contributed by atoms with Crippen LogP contribution in [0.15, 0.2) is 42.7 Å². The molecule has 104 valence electrons. The second-order valence-electron chi connectivity index (χ2n) is 4.38. The lowest BCUT2D eigenvalue weighted by Crippen LogP contribution is -2.34. The minimum atomic E-state index is -1.06. The van der Waals surface area contributed by atoms with Gasteiger partial charge in [-0.15, -0.1) is 0 Å². The van der Waals surface area contributed by atoms with E-state index in [2.05, 4.69) is 5.10 Å². The number of para-hydroxylation sites is 1. The first-order valence-electron chi connectivity index (χ1n) is 6.11. The summed E-state index contributed by atoms with van der Waals surface area (Å²) in [7, 11) is 1.56. The molecular weight excluding hydrogens is 258 g/mol. The van der Waals surface area contributed by atoms with Gasteiger partial charge in [0.1, 0.15) is 6.04 Å². The van der Waals surface area contributed by atoms with E-state index in [9.17, 15) is 9.59 Å². The van der Waals surface area contributed by atoms with E-state index in [1.165, 1.54) is 15.6 Å². The maximum Gasteiger partial charge on any atom is 0.337 e. The number of aromatic carboxylic acids is 1. The van der Waals surface area contributed by atoms with Crippen LogP contribution >= 0.6 is 0 Å². The number of anilines is 1. The number of carboxylic acid groups (broad SMARTS) is 1. The number of hydrogen-bond donors (Lipinski definition) is 1. The third kappa shape index (κ3) is 2.54. The first-order valence-corrected chi connectivity index (χ1v) is 6.11. The fourth-order valence-electron chi connectivity index (χ4n) is 1.97. The van der Waals surface area contributed by atoms with E-state index in [0.717, 1.165) is 0 Å². The predicted octanol–water partition coefficient (Wildman–Crippen LogP) is 1.81. The third-order valence-corrected chi connectivity index (χ3v) is 3.11. The summed E-state index contributed by atoms with van der Waals surface area (Å²) in [5.74, 6) is -1.30. The van der Waals surface area contributed by atoms with Crippen LogP contribution in [0.25, 0.3) is 0 Å². The molecule has 0 aliphatic rings.